The molecule has 0 aliphatic carbocycles. The Morgan fingerprint density at radius 1 is 1.41 bits per heavy atom. The molecule has 0 spiro atoms. The first kappa shape index (κ1) is 12.0. The first-order chi connectivity index (χ1) is 8.10. The molecule has 0 saturated heterocycles. The molecular formula is C13H20N4. The molecule has 0 saturated carbocycles. The van der Waals surface area contributed by atoms with Crippen LogP contribution in [0, 0.1) is 0 Å². The molecule has 2 rings (SSSR count). The van der Waals surface area contributed by atoms with Gasteiger partial charge in [0.15, 0.2) is 0 Å². The van der Waals surface area contributed by atoms with Crippen LogP contribution in [0.3, 0.4) is 0 Å². The van der Waals surface area contributed by atoms with Crippen molar-refractivity contribution in [1.82, 2.24) is 19.9 Å². The van der Waals surface area contributed by atoms with E-state index in [0.717, 1.165) is 24.3 Å². The van der Waals surface area contributed by atoms with Gasteiger partial charge in [0.05, 0.1) is 17.3 Å². The highest BCUT2D eigenvalue weighted by atomic mass is 15.1. The van der Waals surface area contributed by atoms with Gasteiger partial charge in [-0.25, -0.2) is 4.98 Å². The fourth-order valence-electron chi connectivity index (χ4n) is 2.02. The number of fused-ring (bicyclic) bond motifs is 1. The van der Waals surface area contributed by atoms with Crippen LogP contribution in [0.5, 0.6) is 0 Å². The van der Waals surface area contributed by atoms with Crippen molar-refractivity contribution in [2.24, 2.45) is 0 Å². The van der Waals surface area contributed by atoms with E-state index in [1.165, 1.54) is 5.52 Å². The van der Waals surface area contributed by atoms with Crippen LogP contribution in [0.15, 0.2) is 18.5 Å². The maximum atomic E-state index is 4.71. The zero-order valence-corrected chi connectivity index (χ0v) is 11.0. The molecule has 0 unspecified atom stereocenters. The molecule has 0 fully saturated rings. The summed E-state index contributed by atoms with van der Waals surface area (Å²) in [6.45, 7) is 7.46. The molecule has 0 radical (unpaired) electrons. The van der Waals surface area contributed by atoms with E-state index in [-0.39, 0.29) is 5.54 Å². The average Bonchev–Trinajstić information content (AvgIpc) is 2.70. The second-order valence-corrected chi connectivity index (χ2v) is 4.83. The predicted octanol–water partition coefficient (Wildman–Crippen LogP) is 2.30. The second kappa shape index (κ2) is 4.45. The lowest BCUT2D eigenvalue weighted by molar-refractivity contribution is 0.397. The molecule has 1 N–H and O–H groups in total. The summed E-state index contributed by atoms with van der Waals surface area (Å²) in [5.74, 6) is 1.07. The summed E-state index contributed by atoms with van der Waals surface area (Å²) in [7, 11) is 1.97. The van der Waals surface area contributed by atoms with E-state index >= 15 is 0 Å². The zero-order valence-electron chi connectivity index (χ0n) is 11.0. The number of hydrogen-bond donors (Lipinski definition) is 1. The fraction of sp³-hybridized carbons (Fsp3) is 0.538. The number of pyridine rings is 1. The third-order valence-corrected chi connectivity index (χ3v) is 3.18. The van der Waals surface area contributed by atoms with Crippen LogP contribution in [-0.2, 0) is 12.1 Å². The lowest BCUT2D eigenvalue weighted by atomic mass is 10.1. The Kier molecular flexibility index (Phi) is 3.15. The van der Waals surface area contributed by atoms with Gasteiger partial charge < -0.3 is 9.88 Å². The standard InChI is InChI=1S/C13H20N4/c1-5-8-17-11-6-7-15-9-10(11)16-12(17)13(2,3)14-4/h6-7,9,14H,5,8H2,1-4H3. The second-order valence-electron chi connectivity index (χ2n) is 4.83. The maximum Gasteiger partial charge on any atom is 0.129 e. The van der Waals surface area contributed by atoms with Crippen molar-refractivity contribution in [1.29, 1.82) is 0 Å². The number of nitrogens with one attached hydrogen (secondary N) is 1. The van der Waals surface area contributed by atoms with Gasteiger partial charge >= 0.3 is 0 Å². The van der Waals surface area contributed by atoms with Crippen LogP contribution in [0.2, 0.25) is 0 Å². The van der Waals surface area contributed by atoms with Crippen LogP contribution < -0.4 is 5.32 Å². The number of hydrogen-bond acceptors (Lipinski definition) is 3. The van der Waals surface area contributed by atoms with Gasteiger partial charge in [-0.15, -0.1) is 0 Å². The Balaban J connectivity index is 2.65. The SMILES string of the molecule is CCCn1c(C(C)(C)NC)nc2cnccc21. The van der Waals surface area contributed by atoms with E-state index in [1.807, 2.05) is 25.5 Å². The van der Waals surface area contributed by atoms with Gasteiger partial charge in [-0.3, -0.25) is 4.98 Å². The summed E-state index contributed by atoms with van der Waals surface area (Å²) in [5, 5.41) is 3.31. The van der Waals surface area contributed by atoms with Gasteiger partial charge in [0.1, 0.15) is 11.3 Å². The van der Waals surface area contributed by atoms with Gasteiger partial charge in [-0.1, -0.05) is 6.92 Å². The summed E-state index contributed by atoms with van der Waals surface area (Å²) in [5.41, 5.74) is 2.01. The molecule has 0 aliphatic heterocycles. The van der Waals surface area contributed by atoms with Gasteiger partial charge in [0, 0.05) is 12.7 Å². The summed E-state index contributed by atoms with van der Waals surface area (Å²) in [6, 6.07) is 2.03. The van der Waals surface area contributed by atoms with E-state index in [9.17, 15) is 0 Å². The Bertz CT molecular complexity index is 513. The van der Waals surface area contributed by atoms with Crippen LogP contribution in [-0.4, -0.2) is 21.6 Å². The monoisotopic (exact) mass is 232 g/mol. The minimum atomic E-state index is -0.131. The lowest BCUT2D eigenvalue weighted by Crippen LogP contribution is -2.36. The summed E-state index contributed by atoms with van der Waals surface area (Å²) < 4.78 is 2.29. The molecule has 0 amide bonds. The highest BCUT2D eigenvalue weighted by Gasteiger charge is 2.25. The molecule has 4 heteroatoms. The fourth-order valence-corrected chi connectivity index (χ4v) is 2.02. The highest BCUT2D eigenvalue weighted by molar-refractivity contribution is 5.75. The van der Waals surface area contributed by atoms with Gasteiger partial charge in [0.2, 0.25) is 0 Å². The zero-order chi connectivity index (χ0) is 12.5. The number of imidazole rings is 1. The minimum Gasteiger partial charge on any atom is -0.326 e. The van der Waals surface area contributed by atoms with Crippen LogP contribution in [0.4, 0.5) is 0 Å². The number of rotatable bonds is 4. The topological polar surface area (TPSA) is 42.7 Å². The minimum absolute atomic E-state index is 0.131. The molecule has 4 nitrogen and oxygen atoms in total. The molecule has 92 valence electrons. The van der Waals surface area contributed by atoms with Crippen molar-refractivity contribution in [2.45, 2.75) is 39.3 Å². The van der Waals surface area contributed by atoms with E-state index in [4.69, 9.17) is 4.98 Å². The van der Waals surface area contributed by atoms with E-state index < -0.39 is 0 Å². The summed E-state index contributed by atoms with van der Waals surface area (Å²) in [6.07, 6.45) is 4.75. The lowest BCUT2D eigenvalue weighted by Gasteiger charge is -2.24. The van der Waals surface area contributed by atoms with Crippen molar-refractivity contribution in [3.05, 3.63) is 24.3 Å². The van der Waals surface area contributed by atoms with Crippen molar-refractivity contribution < 1.29 is 0 Å². The summed E-state index contributed by atoms with van der Waals surface area (Å²) >= 11 is 0. The summed E-state index contributed by atoms with van der Waals surface area (Å²) in [4.78, 5) is 8.85. The first-order valence-corrected chi connectivity index (χ1v) is 6.09. The van der Waals surface area contributed by atoms with Crippen molar-refractivity contribution in [3.63, 3.8) is 0 Å². The quantitative estimate of drug-likeness (QED) is 0.879. The van der Waals surface area contributed by atoms with Crippen LogP contribution in [0.25, 0.3) is 11.0 Å². The molecule has 0 aliphatic rings. The van der Waals surface area contributed by atoms with E-state index in [2.05, 4.69) is 35.6 Å². The first-order valence-electron chi connectivity index (χ1n) is 6.09. The third-order valence-electron chi connectivity index (χ3n) is 3.18. The Morgan fingerprint density at radius 3 is 2.82 bits per heavy atom. The average molecular weight is 232 g/mol. The molecule has 2 aromatic heterocycles. The molecule has 2 aromatic rings. The van der Waals surface area contributed by atoms with Gasteiger partial charge in [-0.2, -0.15) is 0 Å². The number of aryl methyl sites for hydroxylation is 1. The number of aromatic nitrogens is 3. The third kappa shape index (κ3) is 2.05. The Labute approximate surface area is 102 Å². The Hall–Kier alpha value is -1.42. The largest absolute Gasteiger partial charge is 0.326 e. The van der Waals surface area contributed by atoms with E-state index in [0.29, 0.717) is 0 Å². The predicted molar refractivity (Wildman–Crippen MR) is 69.9 cm³/mol. The van der Waals surface area contributed by atoms with E-state index in [1.54, 1.807) is 0 Å². The van der Waals surface area contributed by atoms with Crippen molar-refractivity contribution in [3.8, 4) is 0 Å². The molecule has 17 heavy (non-hydrogen) atoms. The molecule has 0 bridgehead atoms. The van der Waals surface area contributed by atoms with Crippen LogP contribution >= 0.6 is 0 Å². The molecular weight excluding hydrogens is 212 g/mol. The van der Waals surface area contributed by atoms with Gasteiger partial charge in [-0.05, 0) is 33.4 Å². The Morgan fingerprint density at radius 2 is 2.18 bits per heavy atom. The van der Waals surface area contributed by atoms with Crippen LogP contribution in [0.1, 0.15) is 33.0 Å². The smallest absolute Gasteiger partial charge is 0.129 e. The molecule has 0 atom stereocenters. The van der Waals surface area contributed by atoms with Gasteiger partial charge in [0.25, 0.3) is 0 Å². The normalized spacial score (nSPS) is 12.2. The maximum absolute atomic E-state index is 4.71. The number of nitrogens with zero attached hydrogens (tertiary/aromatic N) is 3. The molecule has 0 aromatic carbocycles. The highest BCUT2D eigenvalue weighted by Crippen LogP contribution is 2.24. The van der Waals surface area contributed by atoms with Crippen molar-refractivity contribution >= 4 is 11.0 Å². The molecule has 2 heterocycles. The van der Waals surface area contributed by atoms with Crippen molar-refractivity contribution in [2.75, 3.05) is 7.05 Å².